The number of nitrogens with two attached hydrogens (primary N) is 1. The molecule has 0 spiro atoms. The first-order valence-electron chi connectivity index (χ1n) is 7.27. The van der Waals surface area contributed by atoms with Crippen molar-refractivity contribution in [3.63, 3.8) is 0 Å². The summed E-state index contributed by atoms with van der Waals surface area (Å²) < 4.78 is 5.68. The number of hydrogen-bond acceptors (Lipinski definition) is 4. The first-order valence-corrected chi connectivity index (χ1v) is 8.66. The van der Waals surface area contributed by atoms with E-state index in [1.807, 2.05) is 30.5 Å². The van der Waals surface area contributed by atoms with Crippen LogP contribution in [0.15, 0.2) is 24.3 Å². The Labute approximate surface area is 131 Å². The lowest BCUT2D eigenvalue weighted by Crippen LogP contribution is -2.40. The lowest BCUT2D eigenvalue weighted by Gasteiger charge is -2.13. The highest BCUT2D eigenvalue weighted by atomic mass is 32.2. The summed E-state index contributed by atoms with van der Waals surface area (Å²) in [4.78, 5) is 11.8. The van der Waals surface area contributed by atoms with Crippen molar-refractivity contribution < 1.29 is 9.53 Å². The van der Waals surface area contributed by atoms with Crippen molar-refractivity contribution >= 4 is 17.7 Å². The van der Waals surface area contributed by atoms with E-state index in [4.69, 9.17) is 10.5 Å². The minimum atomic E-state index is -0.433. The van der Waals surface area contributed by atoms with Gasteiger partial charge in [-0.15, -0.1) is 0 Å². The van der Waals surface area contributed by atoms with Crippen molar-refractivity contribution in [1.29, 1.82) is 0 Å². The molecular formula is C16H26N2O2S. The average molecular weight is 310 g/mol. The third-order valence-corrected chi connectivity index (χ3v) is 3.56. The number of nitrogens with one attached hydrogen (secondary N) is 1. The monoisotopic (exact) mass is 310 g/mol. The van der Waals surface area contributed by atoms with Crippen LogP contribution in [0.5, 0.6) is 5.75 Å². The highest BCUT2D eigenvalue weighted by Crippen LogP contribution is 2.14. The maximum atomic E-state index is 11.8. The molecule has 0 aliphatic heterocycles. The molecular weight excluding hydrogens is 284 g/mol. The lowest BCUT2D eigenvalue weighted by molar-refractivity contribution is -0.122. The van der Waals surface area contributed by atoms with Crippen LogP contribution in [-0.2, 0) is 11.3 Å². The zero-order valence-corrected chi connectivity index (χ0v) is 13.9. The number of rotatable bonds is 9. The Bertz CT molecular complexity index is 438. The molecule has 1 amide bonds. The Morgan fingerprint density at radius 1 is 1.43 bits per heavy atom. The SMILES string of the molecule is CSCC[C@H](N)C(=O)NCc1cccc(OCC(C)C)c1. The molecule has 0 bridgehead atoms. The quantitative estimate of drug-likeness (QED) is 0.735. The van der Waals surface area contributed by atoms with E-state index in [2.05, 4.69) is 19.2 Å². The minimum Gasteiger partial charge on any atom is -0.493 e. The standard InChI is InChI=1S/C16H26N2O2S/c1-12(2)11-20-14-6-4-5-13(9-14)10-18-16(19)15(17)7-8-21-3/h4-6,9,12,15H,7-8,10-11,17H2,1-3H3,(H,18,19)/t15-/m0/s1. The number of hydrogen-bond donors (Lipinski definition) is 2. The number of amides is 1. The van der Waals surface area contributed by atoms with Crippen LogP contribution in [0.4, 0.5) is 0 Å². The van der Waals surface area contributed by atoms with Crippen molar-refractivity contribution in [3.8, 4) is 5.75 Å². The van der Waals surface area contributed by atoms with Crippen LogP contribution in [0.2, 0.25) is 0 Å². The van der Waals surface area contributed by atoms with Crippen molar-refractivity contribution in [2.24, 2.45) is 11.7 Å². The second-order valence-corrected chi connectivity index (χ2v) is 6.44. The molecule has 1 atom stereocenters. The van der Waals surface area contributed by atoms with Gasteiger partial charge >= 0.3 is 0 Å². The van der Waals surface area contributed by atoms with Crippen molar-refractivity contribution in [2.75, 3.05) is 18.6 Å². The van der Waals surface area contributed by atoms with E-state index in [-0.39, 0.29) is 5.91 Å². The second-order valence-electron chi connectivity index (χ2n) is 5.46. The fraction of sp³-hybridized carbons (Fsp3) is 0.562. The summed E-state index contributed by atoms with van der Waals surface area (Å²) in [5.41, 5.74) is 6.84. The van der Waals surface area contributed by atoms with Crippen LogP contribution >= 0.6 is 11.8 Å². The number of ether oxygens (including phenoxy) is 1. The third-order valence-electron chi connectivity index (χ3n) is 2.92. The number of carbonyl (C=O) groups is 1. The van der Waals surface area contributed by atoms with Crippen molar-refractivity contribution in [2.45, 2.75) is 32.9 Å². The Kier molecular flexibility index (Phi) is 8.23. The van der Waals surface area contributed by atoms with Gasteiger partial charge in [-0.2, -0.15) is 11.8 Å². The average Bonchev–Trinajstić information content (AvgIpc) is 2.48. The molecule has 0 fully saturated rings. The number of benzene rings is 1. The largest absolute Gasteiger partial charge is 0.493 e. The van der Waals surface area contributed by atoms with Gasteiger partial charge in [0.05, 0.1) is 12.6 Å². The molecule has 0 aliphatic rings. The van der Waals surface area contributed by atoms with Gasteiger partial charge in [0.2, 0.25) is 5.91 Å². The van der Waals surface area contributed by atoms with Gasteiger partial charge in [-0.05, 0) is 42.0 Å². The van der Waals surface area contributed by atoms with Crippen LogP contribution in [0.3, 0.4) is 0 Å². The second kappa shape index (κ2) is 9.68. The summed E-state index contributed by atoms with van der Waals surface area (Å²) in [5, 5.41) is 2.87. The summed E-state index contributed by atoms with van der Waals surface area (Å²) in [6, 6.07) is 7.35. The topological polar surface area (TPSA) is 64.4 Å². The Morgan fingerprint density at radius 3 is 2.86 bits per heavy atom. The fourth-order valence-electron chi connectivity index (χ4n) is 1.70. The highest BCUT2D eigenvalue weighted by molar-refractivity contribution is 7.98. The van der Waals surface area contributed by atoms with Gasteiger partial charge in [0, 0.05) is 6.54 Å². The van der Waals surface area contributed by atoms with E-state index in [1.165, 1.54) is 0 Å². The maximum absolute atomic E-state index is 11.8. The first-order chi connectivity index (χ1) is 10.0. The van der Waals surface area contributed by atoms with Crippen molar-refractivity contribution in [1.82, 2.24) is 5.32 Å². The van der Waals surface area contributed by atoms with Crippen molar-refractivity contribution in [3.05, 3.63) is 29.8 Å². The first kappa shape index (κ1) is 17.9. The summed E-state index contributed by atoms with van der Waals surface area (Å²) in [6.07, 6.45) is 2.71. The molecule has 0 saturated heterocycles. The molecule has 1 rings (SSSR count). The van der Waals surface area contributed by atoms with Crippen LogP contribution in [0.1, 0.15) is 25.8 Å². The van der Waals surface area contributed by atoms with Gasteiger partial charge in [-0.1, -0.05) is 26.0 Å². The molecule has 21 heavy (non-hydrogen) atoms. The summed E-state index contributed by atoms with van der Waals surface area (Å²) in [5.74, 6) is 2.12. The van der Waals surface area contributed by atoms with Crippen LogP contribution in [-0.4, -0.2) is 30.6 Å². The van der Waals surface area contributed by atoms with E-state index in [0.717, 1.165) is 17.1 Å². The van der Waals surface area contributed by atoms with Gasteiger partial charge in [-0.25, -0.2) is 0 Å². The summed E-state index contributed by atoms with van der Waals surface area (Å²) in [6.45, 7) is 5.39. The van der Waals surface area contributed by atoms with Gasteiger partial charge in [0.25, 0.3) is 0 Å². The number of thioether (sulfide) groups is 1. The fourth-order valence-corrected chi connectivity index (χ4v) is 2.19. The van der Waals surface area contributed by atoms with Gasteiger partial charge < -0.3 is 15.8 Å². The molecule has 1 aromatic carbocycles. The lowest BCUT2D eigenvalue weighted by atomic mass is 10.2. The van der Waals surface area contributed by atoms with Gasteiger partial charge in [-0.3, -0.25) is 4.79 Å². The summed E-state index contributed by atoms with van der Waals surface area (Å²) >= 11 is 1.69. The molecule has 118 valence electrons. The van der Waals surface area contributed by atoms with Crippen LogP contribution in [0, 0.1) is 5.92 Å². The summed E-state index contributed by atoms with van der Waals surface area (Å²) in [7, 11) is 0. The predicted octanol–water partition coefficient (Wildman–Crippen LogP) is 2.42. The van der Waals surface area contributed by atoms with E-state index in [1.54, 1.807) is 11.8 Å². The van der Waals surface area contributed by atoms with Gasteiger partial charge in [0.1, 0.15) is 5.75 Å². The Balaban J connectivity index is 2.44. The van der Waals surface area contributed by atoms with E-state index in [0.29, 0.717) is 25.5 Å². The molecule has 0 aromatic heterocycles. The van der Waals surface area contributed by atoms with Gasteiger partial charge in [0.15, 0.2) is 0 Å². The predicted molar refractivity (Wildman–Crippen MR) is 89.6 cm³/mol. The molecule has 0 unspecified atom stereocenters. The highest BCUT2D eigenvalue weighted by Gasteiger charge is 2.12. The minimum absolute atomic E-state index is 0.0995. The van der Waals surface area contributed by atoms with E-state index in [9.17, 15) is 4.79 Å². The van der Waals surface area contributed by atoms with Crippen LogP contribution < -0.4 is 15.8 Å². The number of carbonyl (C=O) groups excluding carboxylic acids is 1. The molecule has 0 saturated carbocycles. The third kappa shape index (κ3) is 7.39. The molecule has 3 N–H and O–H groups in total. The Hall–Kier alpha value is -1.20. The normalized spacial score (nSPS) is 12.2. The van der Waals surface area contributed by atoms with Crippen LogP contribution in [0.25, 0.3) is 0 Å². The molecule has 0 radical (unpaired) electrons. The van der Waals surface area contributed by atoms with E-state index >= 15 is 0 Å². The Morgan fingerprint density at radius 2 is 2.19 bits per heavy atom. The maximum Gasteiger partial charge on any atom is 0.237 e. The van der Waals surface area contributed by atoms with E-state index < -0.39 is 6.04 Å². The molecule has 4 nitrogen and oxygen atoms in total. The molecule has 0 aliphatic carbocycles. The zero-order chi connectivity index (χ0) is 15.7. The molecule has 5 heteroatoms. The molecule has 0 heterocycles. The molecule has 1 aromatic rings. The zero-order valence-electron chi connectivity index (χ0n) is 13.1. The smallest absolute Gasteiger partial charge is 0.237 e.